The maximum Gasteiger partial charge on any atom is 0.260 e. The van der Waals surface area contributed by atoms with Gasteiger partial charge in [-0.05, 0) is 57.0 Å². The largest absolute Gasteiger partial charge is 0.481 e. The Morgan fingerprint density at radius 2 is 2.09 bits per heavy atom. The van der Waals surface area contributed by atoms with Crippen molar-refractivity contribution in [1.82, 2.24) is 5.32 Å². The lowest BCUT2D eigenvalue weighted by molar-refractivity contribution is -0.127. The van der Waals surface area contributed by atoms with Gasteiger partial charge in [-0.1, -0.05) is 12.1 Å². The van der Waals surface area contributed by atoms with Crippen molar-refractivity contribution in [3.63, 3.8) is 0 Å². The molecule has 22 heavy (non-hydrogen) atoms. The highest BCUT2D eigenvalue weighted by atomic mass is 16.5. The van der Waals surface area contributed by atoms with Crippen LogP contribution in [0.25, 0.3) is 0 Å². The molecule has 0 unspecified atom stereocenters. The van der Waals surface area contributed by atoms with E-state index in [1.807, 2.05) is 50.2 Å². The van der Waals surface area contributed by atoms with Crippen LogP contribution in [0, 0.1) is 6.92 Å². The van der Waals surface area contributed by atoms with E-state index < -0.39 is 6.10 Å². The minimum absolute atomic E-state index is 0.0705. The SMILES string of the molecule is Cc1cccc(O[C@@H](C)C(=O)N[C@@H](C)CCc2ccco2)c1. The molecular formula is C18H23NO3. The number of furan rings is 1. The van der Waals surface area contributed by atoms with Crippen molar-refractivity contribution in [2.45, 2.75) is 45.8 Å². The summed E-state index contributed by atoms with van der Waals surface area (Å²) < 4.78 is 11.0. The lowest BCUT2D eigenvalue weighted by atomic mass is 10.1. The smallest absolute Gasteiger partial charge is 0.260 e. The second-order valence-electron chi connectivity index (χ2n) is 5.60. The number of ether oxygens (including phenoxy) is 1. The molecule has 1 heterocycles. The fourth-order valence-corrected chi connectivity index (χ4v) is 2.19. The van der Waals surface area contributed by atoms with Gasteiger partial charge in [0.15, 0.2) is 6.10 Å². The fraction of sp³-hybridized carbons (Fsp3) is 0.389. The number of hydrogen-bond acceptors (Lipinski definition) is 3. The second-order valence-corrected chi connectivity index (χ2v) is 5.60. The molecule has 2 aromatic rings. The Morgan fingerprint density at radius 3 is 2.77 bits per heavy atom. The van der Waals surface area contributed by atoms with Crippen LogP contribution in [0.15, 0.2) is 47.1 Å². The summed E-state index contributed by atoms with van der Waals surface area (Å²) in [4.78, 5) is 12.1. The molecule has 0 aliphatic rings. The maximum atomic E-state index is 12.1. The first-order valence-electron chi connectivity index (χ1n) is 7.60. The van der Waals surface area contributed by atoms with E-state index in [-0.39, 0.29) is 11.9 Å². The Balaban J connectivity index is 1.77. The molecule has 2 rings (SSSR count). The Hall–Kier alpha value is -2.23. The van der Waals surface area contributed by atoms with E-state index in [0.717, 1.165) is 24.2 Å². The molecule has 0 aliphatic heterocycles. The van der Waals surface area contributed by atoms with Crippen molar-refractivity contribution < 1.29 is 13.9 Å². The van der Waals surface area contributed by atoms with Crippen LogP contribution in [-0.2, 0) is 11.2 Å². The monoisotopic (exact) mass is 301 g/mol. The molecule has 0 spiro atoms. The summed E-state index contributed by atoms with van der Waals surface area (Å²) >= 11 is 0. The Bertz CT molecular complexity index is 592. The molecule has 0 aliphatic carbocycles. The van der Waals surface area contributed by atoms with Gasteiger partial charge in [-0.3, -0.25) is 4.79 Å². The summed E-state index contributed by atoms with van der Waals surface area (Å²) in [5.41, 5.74) is 1.11. The topological polar surface area (TPSA) is 51.5 Å². The third kappa shape index (κ3) is 4.95. The molecule has 0 bridgehead atoms. The van der Waals surface area contributed by atoms with E-state index in [4.69, 9.17) is 9.15 Å². The minimum atomic E-state index is -0.520. The molecule has 0 radical (unpaired) electrons. The van der Waals surface area contributed by atoms with Gasteiger partial charge in [0.05, 0.1) is 6.26 Å². The zero-order valence-corrected chi connectivity index (χ0v) is 13.3. The van der Waals surface area contributed by atoms with Gasteiger partial charge in [0.1, 0.15) is 11.5 Å². The van der Waals surface area contributed by atoms with Crippen LogP contribution in [0.1, 0.15) is 31.6 Å². The number of amides is 1. The number of carbonyl (C=O) groups is 1. The van der Waals surface area contributed by atoms with E-state index in [9.17, 15) is 4.79 Å². The summed E-state index contributed by atoms with van der Waals surface area (Å²) in [5, 5.41) is 2.97. The number of hydrogen-bond donors (Lipinski definition) is 1. The van der Waals surface area contributed by atoms with Crippen LogP contribution in [0.5, 0.6) is 5.75 Å². The van der Waals surface area contributed by atoms with Crippen LogP contribution < -0.4 is 10.1 Å². The standard InChI is InChI=1S/C18H23NO3/c1-13-6-4-7-17(12-13)22-15(3)18(20)19-14(2)9-10-16-8-5-11-21-16/h4-8,11-12,14-15H,9-10H2,1-3H3,(H,19,20)/t14-,15-/m0/s1. The van der Waals surface area contributed by atoms with Crippen molar-refractivity contribution in [2.75, 3.05) is 0 Å². The third-order valence-corrected chi connectivity index (χ3v) is 3.46. The van der Waals surface area contributed by atoms with E-state index in [2.05, 4.69) is 5.32 Å². The second kappa shape index (κ2) is 7.69. The molecule has 1 amide bonds. The Labute approximate surface area is 131 Å². The number of rotatable bonds is 7. The minimum Gasteiger partial charge on any atom is -0.481 e. The molecule has 1 aromatic heterocycles. The maximum absolute atomic E-state index is 12.1. The number of aryl methyl sites for hydroxylation is 2. The van der Waals surface area contributed by atoms with Crippen LogP contribution in [0.3, 0.4) is 0 Å². The predicted octanol–water partition coefficient (Wildman–Crippen LogP) is 3.49. The van der Waals surface area contributed by atoms with Crippen LogP contribution in [0.2, 0.25) is 0 Å². The van der Waals surface area contributed by atoms with Crippen molar-refractivity contribution >= 4 is 5.91 Å². The Kier molecular flexibility index (Phi) is 5.64. The quantitative estimate of drug-likeness (QED) is 0.851. The van der Waals surface area contributed by atoms with Crippen LogP contribution in [-0.4, -0.2) is 18.1 Å². The number of benzene rings is 1. The van der Waals surface area contributed by atoms with Gasteiger partial charge in [-0.15, -0.1) is 0 Å². The third-order valence-electron chi connectivity index (χ3n) is 3.46. The van der Waals surface area contributed by atoms with E-state index >= 15 is 0 Å². The highest BCUT2D eigenvalue weighted by Crippen LogP contribution is 2.14. The summed E-state index contributed by atoms with van der Waals surface area (Å²) in [6.45, 7) is 5.74. The molecule has 1 aromatic carbocycles. The molecule has 2 atom stereocenters. The molecule has 4 nitrogen and oxygen atoms in total. The molecule has 4 heteroatoms. The normalized spacial score (nSPS) is 13.4. The zero-order valence-electron chi connectivity index (χ0n) is 13.3. The first kappa shape index (κ1) is 16.1. The lowest BCUT2D eigenvalue weighted by Gasteiger charge is -2.18. The van der Waals surface area contributed by atoms with E-state index in [0.29, 0.717) is 5.75 Å². The molecule has 0 saturated heterocycles. The predicted molar refractivity (Wildman–Crippen MR) is 85.9 cm³/mol. The number of nitrogens with one attached hydrogen (secondary N) is 1. The van der Waals surface area contributed by atoms with Gasteiger partial charge in [0, 0.05) is 12.5 Å². The molecule has 0 saturated carbocycles. The van der Waals surface area contributed by atoms with Crippen molar-refractivity contribution in [2.24, 2.45) is 0 Å². The Morgan fingerprint density at radius 1 is 1.27 bits per heavy atom. The number of carbonyl (C=O) groups excluding carboxylic acids is 1. The molecule has 118 valence electrons. The van der Waals surface area contributed by atoms with E-state index in [1.54, 1.807) is 13.2 Å². The fourth-order valence-electron chi connectivity index (χ4n) is 2.19. The van der Waals surface area contributed by atoms with Gasteiger partial charge in [-0.25, -0.2) is 0 Å². The summed E-state index contributed by atoms with van der Waals surface area (Å²) in [6.07, 6.45) is 2.78. The average Bonchev–Trinajstić information content (AvgIpc) is 2.98. The highest BCUT2D eigenvalue weighted by molar-refractivity contribution is 5.80. The van der Waals surface area contributed by atoms with Gasteiger partial charge in [-0.2, -0.15) is 0 Å². The average molecular weight is 301 g/mol. The van der Waals surface area contributed by atoms with Gasteiger partial charge in [0.25, 0.3) is 5.91 Å². The summed E-state index contributed by atoms with van der Waals surface area (Å²) in [6, 6.07) is 11.6. The molecule has 1 N–H and O–H groups in total. The van der Waals surface area contributed by atoms with Crippen LogP contribution in [0.4, 0.5) is 0 Å². The summed E-state index contributed by atoms with van der Waals surface area (Å²) in [5.74, 6) is 1.55. The zero-order chi connectivity index (χ0) is 15.9. The van der Waals surface area contributed by atoms with Crippen molar-refractivity contribution in [3.05, 3.63) is 54.0 Å². The van der Waals surface area contributed by atoms with Crippen LogP contribution >= 0.6 is 0 Å². The van der Waals surface area contributed by atoms with Gasteiger partial charge >= 0.3 is 0 Å². The van der Waals surface area contributed by atoms with Crippen molar-refractivity contribution in [3.8, 4) is 5.75 Å². The van der Waals surface area contributed by atoms with E-state index in [1.165, 1.54) is 0 Å². The molecular weight excluding hydrogens is 278 g/mol. The first-order chi connectivity index (χ1) is 10.5. The van der Waals surface area contributed by atoms with Crippen molar-refractivity contribution in [1.29, 1.82) is 0 Å². The summed E-state index contributed by atoms with van der Waals surface area (Å²) in [7, 11) is 0. The first-order valence-corrected chi connectivity index (χ1v) is 7.60. The van der Waals surface area contributed by atoms with Gasteiger partial charge in [0.2, 0.25) is 0 Å². The molecule has 0 fully saturated rings. The lowest BCUT2D eigenvalue weighted by Crippen LogP contribution is -2.41. The highest BCUT2D eigenvalue weighted by Gasteiger charge is 2.17. The van der Waals surface area contributed by atoms with Gasteiger partial charge < -0.3 is 14.5 Å².